The normalized spacial score (nSPS) is 14.0. The second kappa shape index (κ2) is 6.58. The Labute approximate surface area is 142 Å². The van der Waals surface area contributed by atoms with Crippen LogP contribution in [0.3, 0.4) is 0 Å². The lowest BCUT2D eigenvalue weighted by atomic mass is 10.1. The van der Waals surface area contributed by atoms with Gasteiger partial charge in [0.05, 0.1) is 5.56 Å². The molecule has 2 amide bonds. The second-order valence-electron chi connectivity index (χ2n) is 5.86. The summed E-state index contributed by atoms with van der Waals surface area (Å²) in [6.07, 6.45) is -2.60. The van der Waals surface area contributed by atoms with Crippen molar-refractivity contribution in [1.82, 2.24) is 5.32 Å². The van der Waals surface area contributed by atoms with Crippen LogP contribution in [0.4, 0.5) is 18.9 Å². The molecule has 0 radical (unpaired) electrons. The SMILES string of the molecule is O=C(Nc1cccc(C(=O)NC2CC2)c1)c1cccc(C(F)(F)F)c1. The third-order valence-corrected chi connectivity index (χ3v) is 3.75. The lowest BCUT2D eigenvalue weighted by Gasteiger charge is -2.10. The monoisotopic (exact) mass is 348 g/mol. The van der Waals surface area contributed by atoms with Gasteiger partial charge in [0.15, 0.2) is 0 Å². The minimum Gasteiger partial charge on any atom is -0.349 e. The molecule has 2 aromatic carbocycles. The van der Waals surface area contributed by atoms with E-state index in [2.05, 4.69) is 10.6 Å². The van der Waals surface area contributed by atoms with Crippen LogP contribution in [-0.2, 0) is 6.18 Å². The average Bonchev–Trinajstić information content (AvgIpc) is 3.38. The van der Waals surface area contributed by atoms with Gasteiger partial charge in [0, 0.05) is 22.9 Å². The van der Waals surface area contributed by atoms with Crippen molar-refractivity contribution < 1.29 is 22.8 Å². The van der Waals surface area contributed by atoms with Gasteiger partial charge < -0.3 is 10.6 Å². The molecule has 25 heavy (non-hydrogen) atoms. The van der Waals surface area contributed by atoms with Crippen molar-refractivity contribution >= 4 is 17.5 Å². The molecule has 2 N–H and O–H groups in total. The summed E-state index contributed by atoms with van der Waals surface area (Å²) in [6.45, 7) is 0. The molecule has 130 valence electrons. The Balaban J connectivity index is 1.73. The summed E-state index contributed by atoms with van der Waals surface area (Å²) in [5.41, 5.74) is -0.278. The van der Waals surface area contributed by atoms with E-state index in [1.807, 2.05) is 0 Å². The van der Waals surface area contributed by atoms with Gasteiger partial charge in [-0.05, 0) is 49.2 Å². The Morgan fingerprint density at radius 1 is 0.920 bits per heavy atom. The fraction of sp³-hybridized carbons (Fsp3) is 0.222. The lowest BCUT2D eigenvalue weighted by Crippen LogP contribution is -2.25. The van der Waals surface area contributed by atoms with Gasteiger partial charge in [0.1, 0.15) is 0 Å². The van der Waals surface area contributed by atoms with E-state index in [9.17, 15) is 22.8 Å². The Bertz CT molecular complexity index is 814. The summed E-state index contributed by atoms with van der Waals surface area (Å²) < 4.78 is 38.2. The van der Waals surface area contributed by atoms with Gasteiger partial charge in [-0.25, -0.2) is 0 Å². The first-order chi connectivity index (χ1) is 11.8. The van der Waals surface area contributed by atoms with Crippen molar-refractivity contribution in [3.8, 4) is 0 Å². The minimum atomic E-state index is -4.52. The molecule has 0 heterocycles. The number of nitrogens with one attached hydrogen (secondary N) is 2. The standard InChI is InChI=1S/C18H15F3N2O2/c19-18(20,21)13-5-1-3-11(9-13)16(24)23-15-6-2-4-12(10-15)17(25)22-14-7-8-14/h1-6,9-10,14H,7-8H2,(H,22,25)(H,23,24). The molecule has 0 bridgehead atoms. The number of hydrogen-bond acceptors (Lipinski definition) is 2. The molecule has 2 aromatic rings. The zero-order valence-corrected chi connectivity index (χ0v) is 13.1. The van der Waals surface area contributed by atoms with Crippen LogP contribution in [0.5, 0.6) is 0 Å². The van der Waals surface area contributed by atoms with Crippen molar-refractivity contribution in [2.75, 3.05) is 5.32 Å². The van der Waals surface area contributed by atoms with E-state index in [1.54, 1.807) is 18.2 Å². The van der Waals surface area contributed by atoms with Gasteiger partial charge in [0.2, 0.25) is 0 Å². The summed E-state index contributed by atoms with van der Waals surface area (Å²) >= 11 is 0. The summed E-state index contributed by atoms with van der Waals surface area (Å²) in [5.74, 6) is -0.913. The first-order valence-electron chi connectivity index (χ1n) is 7.72. The molecule has 0 spiro atoms. The van der Waals surface area contributed by atoms with Crippen LogP contribution in [0.2, 0.25) is 0 Å². The summed E-state index contributed by atoms with van der Waals surface area (Å²) in [5, 5.41) is 5.34. The highest BCUT2D eigenvalue weighted by atomic mass is 19.4. The smallest absolute Gasteiger partial charge is 0.349 e. The highest BCUT2D eigenvalue weighted by Gasteiger charge is 2.31. The van der Waals surface area contributed by atoms with Crippen molar-refractivity contribution in [1.29, 1.82) is 0 Å². The molecular formula is C18H15F3N2O2. The molecule has 0 unspecified atom stereocenters. The first kappa shape index (κ1) is 17.0. The fourth-order valence-electron chi connectivity index (χ4n) is 2.27. The lowest BCUT2D eigenvalue weighted by molar-refractivity contribution is -0.137. The highest BCUT2D eigenvalue weighted by Crippen LogP contribution is 2.29. The third kappa shape index (κ3) is 4.37. The van der Waals surface area contributed by atoms with E-state index in [4.69, 9.17) is 0 Å². The van der Waals surface area contributed by atoms with Crippen LogP contribution in [0.1, 0.15) is 39.1 Å². The van der Waals surface area contributed by atoms with Crippen LogP contribution in [-0.4, -0.2) is 17.9 Å². The molecule has 1 aliphatic carbocycles. The van der Waals surface area contributed by atoms with Crippen molar-refractivity contribution in [2.24, 2.45) is 0 Å². The number of carbonyl (C=O) groups excluding carboxylic acids is 2. The van der Waals surface area contributed by atoms with Gasteiger partial charge in [0.25, 0.3) is 11.8 Å². The van der Waals surface area contributed by atoms with Gasteiger partial charge >= 0.3 is 6.18 Å². The van der Waals surface area contributed by atoms with Crippen molar-refractivity contribution in [3.63, 3.8) is 0 Å². The van der Waals surface area contributed by atoms with Crippen LogP contribution >= 0.6 is 0 Å². The van der Waals surface area contributed by atoms with E-state index in [1.165, 1.54) is 18.2 Å². The average molecular weight is 348 g/mol. The third-order valence-electron chi connectivity index (χ3n) is 3.75. The van der Waals surface area contributed by atoms with E-state index in [-0.39, 0.29) is 17.5 Å². The number of halogens is 3. The number of carbonyl (C=O) groups is 2. The van der Waals surface area contributed by atoms with Gasteiger partial charge in [-0.2, -0.15) is 13.2 Å². The second-order valence-corrected chi connectivity index (χ2v) is 5.86. The molecule has 1 saturated carbocycles. The zero-order valence-electron chi connectivity index (χ0n) is 13.1. The largest absolute Gasteiger partial charge is 0.416 e. The molecule has 0 saturated heterocycles. The summed E-state index contributed by atoms with van der Waals surface area (Å²) in [7, 11) is 0. The molecule has 0 atom stereocenters. The van der Waals surface area contributed by atoms with Crippen LogP contribution in [0.15, 0.2) is 48.5 Å². The number of benzene rings is 2. The number of alkyl halides is 3. The van der Waals surface area contributed by atoms with Crippen LogP contribution in [0.25, 0.3) is 0 Å². The van der Waals surface area contributed by atoms with Crippen molar-refractivity contribution in [2.45, 2.75) is 25.1 Å². The number of hydrogen-bond donors (Lipinski definition) is 2. The first-order valence-corrected chi connectivity index (χ1v) is 7.72. The van der Waals surface area contributed by atoms with Gasteiger partial charge in [-0.1, -0.05) is 12.1 Å². The fourth-order valence-corrected chi connectivity index (χ4v) is 2.27. The minimum absolute atomic E-state index is 0.109. The summed E-state index contributed by atoms with van der Waals surface area (Å²) in [6, 6.07) is 10.6. The maximum atomic E-state index is 12.7. The molecule has 1 aliphatic rings. The predicted octanol–water partition coefficient (Wildman–Crippen LogP) is 3.85. The van der Waals surface area contributed by atoms with Gasteiger partial charge in [-0.15, -0.1) is 0 Å². The van der Waals surface area contributed by atoms with E-state index in [0.717, 1.165) is 25.0 Å². The van der Waals surface area contributed by atoms with Crippen LogP contribution < -0.4 is 10.6 Å². The van der Waals surface area contributed by atoms with Crippen molar-refractivity contribution in [3.05, 3.63) is 65.2 Å². The quantitative estimate of drug-likeness (QED) is 0.882. The van der Waals surface area contributed by atoms with Gasteiger partial charge in [-0.3, -0.25) is 9.59 Å². The Hall–Kier alpha value is -2.83. The molecule has 7 heteroatoms. The molecule has 3 rings (SSSR count). The highest BCUT2D eigenvalue weighted by molar-refractivity contribution is 6.05. The zero-order chi connectivity index (χ0) is 18.0. The van der Waals surface area contributed by atoms with E-state index < -0.39 is 17.6 Å². The Morgan fingerprint density at radius 3 is 2.20 bits per heavy atom. The van der Waals surface area contributed by atoms with E-state index in [0.29, 0.717) is 11.3 Å². The Kier molecular flexibility index (Phi) is 4.48. The number of amides is 2. The number of anilines is 1. The molecule has 4 nitrogen and oxygen atoms in total. The topological polar surface area (TPSA) is 58.2 Å². The van der Waals surface area contributed by atoms with Crippen LogP contribution in [0, 0.1) is 0 Å². The maximum Gasteiger partial charge on any atom is 0.416 e. The molecule has 0 aliphatic heterocycles. The molecule has 1 fully saturated rings. The Morgan fingerprint density at radius 2 is 1.56 bits per heavy atom. The summed E-state index contributed by atoms with van der Waals surface area (Å²) in [4.78, 5) is 24.2. The molecular weight excluding hydrogens is 333 g/mol. The number of rotatable bonds is 4. The van der Waals surface area contributed by atoms with E-state index >= 15 is 0 Å². The maximum absolute atomic E-state index is 12.7. The predicted molar refractivity (Wildman–Crippen MR) is 86.3 cm³/mol. The molecule has 0 aromatic heterocycles.